The molecule has 3 heterocycles. The van der Waals surface area contributed by atoms with Crippen LogP contribution in [0.1, 0.15) is 38.1 Å². The predicted octanol–water partition coefficient (Wildman–Crippen LogP) is 3.22. The van der Waals surface area contributed by atoms with Crippen molar-refractivity contribution in [3.63, 3.8) is 0 Å². The van der Waals surface area contributed by atoms with Gasteiger partial charge in [-0.15, -0.1) is 0 Å². The summed E-state index contributed by atoms with van der Waals surface area (Å²) in [5, 5.41) is 0. The van der Waals surface area contributed by atoms with E-state index in [1.165, 1.54) is 25.7 Å². The van der Waals surface area contributed by atoms with Gasteiger partial charge < -0.3 is 9.30 Å². The molecular weight excluding hydrogens is 250 g/mol. The Balaban J connectivity index is 1.63. The van der Waals surface area contributed by atoms with Crippen LogP contribution in [0.5, 0.6) is 0 Å². The van der Waals surface area contributed by atoms with E-state index in [9.17, 15) is 0 Å². The molecular formula is C16H19N3O. The van der Waals surface area contributed by atoms with Crippen LogP contribution in [0.25, 0.3) is 11.5 Å². The zero-order valence-corrected chi connectivity index (χ0v) is 11.5. The number of pyridine rings is 1. The zero-order chi connectivity index (χ0) is 13.4. The van der Waals surface area contributed by atoms with Gasteiger partial charge in [0.25, 0.3) is 0 Å². The van der Waals surface area contributed by atoms with Crippen molar-refractivity contribution in [1.29, 1.82) is 0 Å². The van der Waals surface area contributed by atoms with Crippen molar-refractivity contribution in [1.82, 2.24) is 14.5 Å². The van der Waals surface area contributed by atoms with Gasteiger partial charge in [-0.2, -0.15) is 0 Å². The topological polar surface area (TPSA) is 39.9 Å². The minimum atomic E-state index is 0.149. The van der Waals surface area contributed by atoms with Crippen LogP contribution < -0.4 is 0 Å². The average molecular weight is 269 g/mol. The molecule has 2 aromatic heterocycles. The fourth-order valence-corrected chi connectivity index (χ4v) is 3.67. The summed E-state index contributed by atoms with van der Waals surface area (Å²) >= 11 is 0. The lowest BCUT2D eigenvalue weighted by atomic mass is 9.96. The Labute approximate surface area is 118 Å². The van der Waals surface area contributed by atoms with Crippen molar-refractivity contribution in [3.8, 4) is 11.5 Å². The third-order valence-corrected chi connectivity index (χ3v) is 4.66. The molecule has 1 aliphatic carbocycles. The maximum absolute atomic E-state index is 6.16. The second-order valence-corrected chi connectivity index (χ2v) is 5.93. The Morgan fingerprint density at radius 1 is 1.15 bits per heavy atom. The van der Waals surface area contributed by atoms with Crippen LogP contribution in [0, 0.1) is 0 Å². The van der Waals surface area contributed by atoms with Crippen LogP contribution in [-0.2, 0) is 4.74 Å². The van der Waals surface area contributed by atoms with Crippen molar-refractivity contribution in [2.75, 3.05) is 6.61 Å². The summed E-state index contributed by atoms with van der Waals surface area (Å²) in [4.78, 5) is 8.91. The van der Waals surface area contributed by atoms with Gasteiger partial charge >= 0.3 is 0 Å². The van der Waals surface area contributed by atoms with Crippen molar-refractivity contribution >= 4 is 0 Å². The van der Waals surface area contributed by atoms with Gasteiger partial charge in [0.2, 0.25) is 0 Å². The van der Waals surface area contributed by atoms with Crippen LogP contribution in [-0.4, -0.2) is 26.7 Å². The van der Waals surface area contributed by atoms with Gasteiger partial charge in [0.05, 0.1) is 18.2 Å². The van der Waals surface area contributed by atoms with Gasteiger partial charge in [0, 0.05) is 18.6 Å². The zero-order valence-electron chi connectivity index (χ0n) is 11.5. The molecule has 0 N–H and O–H groups in total. The monoisotopic (exact) mass is 269 g/mol. The number of hydrogen-bond acceptors (Lipinski definition) is 3. The van der Waals surface area contributed by atoms with Crippen LogP contribution >= 0.6 is 0 Å². The maximum atomic E-state index is 6.16. The maximum Gasteiger partial charge on any atom is 0.158 e. The highest BCUT2D eigenvalue weighted by Gasteiger charge is 2.43. The summed E-state index contributed by atoms with van der Waals surface area (Å²) in [6.07, 6.45) is 11.9. The fourth-order valence-electron chi connectivity index (χ4n) is 3.67. The Hall–Kier alpha value is -1.68. The first-order valence-corrected chi connectivity index (χ1v) is 7.45. The second kappa shape index (κ2) is 4.70. The molecule has 0 amide bonds. The summed E-state index contributed by atoms with van der Waals surface area (Å²) in [5.41, 5.74) is 1.08. The number of nitrogens with zero attached hydrogens (tertiary/aromatic N) is 3. The Bertz CT molecular complexity index is 587. The fraction of sp³-hybridized carbons (Fsp3) is 0.500. The lowest BCUT2D eigenvalue weighted by Gasteiger charge is -2.21. The average Bonchev–Trinajstić information content (AvgIpc) is 3.22. The van der Waals surface area contributed by atoms with E-state index < -0.39 is 0 Å². The minimum absolute atomic E-state index is 0.149. The largest absolute Gasteiger partial charge is 0.373 e. The Morgan fingerprint density at radius 2 is 2.05 bits per heavy atom. The lowest BCUT2D eigenvalue weighted by molar-refractivity contribution is 0.00960. The van der Waals surface area contributed by atoms with Gasteiger partial charge in [-0.3, -0.25) is 4.98 Å². The van der Waals surface area contributed by atoms with Crippen LogP contribution in [0.15, 0.2) is 36.8 Å². The molecule has 104 valence electrons. The molecule has 1 saturated heterocycles. The molecule has 4 heteroatoms. The summed E-state index contributed by atoms with van der Waals surface area (Å²) in [6, 6.07) is 6.35. The highest BCUT2D eigenvalue weighted by molar-refractivity contribution is 5.49. The third-order valence-electron chi connectivity index (χ3n) is 4.66. The van der Waals surface area contributed by atoms with E-state index in [2.05, 4.69) is 20.7 Å². The van der Waals surface area contributed by atoms with Crippen molar-refractivity contribution < 1.29 is 4.74 Å². The van der Waals surface area contributed by atoms with E-state index in [1.54, 1.807) is 0 Å². The summed E-state index contributed by atoms with van der Waals surface area (Å²) < 4.78 is 8.41. The van der Waals surface area contributed by atoms with E-state index in [0.29, 0.717) is 6.04 Å². The van der Waals surface area contributed by atoms with E-state index in [0.717, 1.165) is 24.5 Å². The van der Waals surface area contributed by atoms with E-state index in [4.69, 9.17) is 4.74 Å². The summed E-state index contributed by atoms with van der Waals surface area (Å²) in [5.74, 6) is 0.953. The first kappa shape index (κ1) is 12.1. The van der Waals surface area contributed by atoms with Crippen molar-refractivity contribution in [3.05, 3.63) is 36.8 Å². The smallest absolute Gasteiger partial charge is 0.158 e. The molecule has 0 aromatic carbocycles. The SMILES string of the molecule is c1ccc(-c2nccn2[C@@H]2COC3(CCCC3)C2)nc1. The molecule has 4 rings (SSSR count). The quantitative estimate of drug-likeness (QED) is 0.840. The number of ether oxygens (including phenoxy) is 1. The molecule has 0 unspecified atom stereocenters. The van der Waals surface area contributed by atoms with E-state index >= 15 is 0 Å². The van der Waals surface area contributed by atoms with Crippen molar-refractivity contribution in [2.24, 2.45) is 0 Å². The van der Waals surface area contributed by atoms with Gasteiger partial charge in [-0.1, -0.05) is 18.9 Å². The predicted molar refractivity (Wildman–Crippen MR) is 76.3 cm³/mol. The third kappa shape index (κ3) is 1.95. The molecule has 1 spiro atoms. The second-order valence-electron chi connectivity index (χ2n) is 5.93. The van der Waals surface area contributed by atoms with E-state index in [1.807, 2.05) is 30.6 Å². The van der Waals surface area contributed by atoms with Gasteiger partial charge in [-0.25, -0.2) is 4.98 Å². The van der Waals surface area contributed by atoms with Crippen molar-refractivity contribution in [2.45, 2.75) is 43.7 Å². The molecule has 4 nitrogen and oxygen atoms in total. The first-order chi connectivity index (χ1) is 9.86. The number of aromatic nitrogens is 3. The van der Waals surface area contributed by atoms with Gasteiger partial charge in [0.1, 0.15) is 5.69 Å². The molecule has 2 fully saturated rings. The molecule has 1 saturated carbocycles. The van der Waals surface area contributed by atoms with Crippen LogP contribution in [0.3, 0.4) is 0 Å². The van der Waals surface area contributed by atoms with Gasteiger partial charge in [0.15, 0.2) is 5.82 Å². The molecule has 2 aliphatic rings. The molecule has 1 aliphatic heterocycles. The van der Waals surface area contributed by atoms with Crippen LogP contribution in [0.2, 0.25) is 0 Å². The lowest BCUT2D eigenvalue weighted by Crippen LogP contribution is -2.23. The number of rotatable bonds is 2. The van der Waals surface area contributed by atoms with Crippen LogP contribution in [0.4, 0.5) is 0 Å². The molecule has 1 atom stereocenters. The van der Waals surface area contributed by atoms with E-state index in [-0.39, 0.29) is 5.60 Å². The standard InChI is InChI=1S/C16H19N3O/c1-4-8-17-14(5-1)15-18-9-10-19(15)13-11-16(20-12-13)6-2-3-7-16/h1,4-5,8-10,13H,2-3,6-7,11-12H2/t13-/m0/s1. The highest BCUT2D eigenvalue weighted by Crippen LogP contribution is 2.45. The number of imidazole rings is 1. The highest BCUT2D eigenvalue weighted by atomic mass is 16.5. The summed E-state index contributed by atoms with van der Waals surface area (Å²) in [6.45, 7) is 0.802. The molecule has 2 aromatic rings. The first-order valence-electron chi connectivity index (χ1n) is 7.45. The Kier molecular flexibility index (Phi) is 2.84. The summed E-state index contributed by atoms with van der Waals surface area (Å²) in [7, 11) is 0. The normalized spacial score (nSPS) is 24.5. The molecule has 0 radical (unpaired) electrons. The number of hydrogen-bond donors (Lipinski definition) is 0. The Morgan fingerprint density at radius 3 is 2.85 bits per heavy atom. The molecule has 0 bridgehead atoms. The van der Waals surface area contributed by atoms with Gasteiger partial charge in [-0.05, 0) is 31.4 Å². The minimum Gasteiger partial charge on any atom is -0.373 e. The molecule has 20 heavy (non-hydrogen) atoms.